The minimum absolute atomic E-state index is 0.241. The SMILES string of the molecule is COc1ccccc1O[C@H](C)C(=O)NCCOc1ccc(S(=O)(=O)N2CCCC2)cc1. The number of nitrogens with one attached hydrogen (secondary N) is 1. The van der Waals surface area contributed by atoms with Crippen molar-refractivity contribution in [3.8, 4) is 17.2 Å². The van der Waals surface area contributed by atoms with Crippen LogP contribution in [-0.2, 0) is 14.8 Å². The molecule has 1 aliphatic heterocycles. The quantitative estimate of drug-likeness (QED) is 0.561. The minimum atomic E-state index is -3.43. The summed E-state index contributed by atoms with van der Waals surface area (Å²) >= 11 is 0. The summed E-state index contributed by atoms with van der Waals surface area (Å²) < 4.78 is 43.1. The summed E-state index contributed by atoms with van der Waals surface area (Å²) in [6.07, 6.45) is 1.09. The Kier molecular flexibility index (Phi) is 7.75. The van der Waals surface area contributed by atoms with E-state index in [1.54, 1.807) is 56.5 Å². The van der Waals surface area contributed by atoms with Crippen LogP contribution in [-0.4, -0.2) is 58.1 Å². The molecule has 0 aliphatic carbocycles. The van der Waals surface area contributed by atoms with Gasteiger partial charge in [-0.2, -0.15) is 4.31 Å². The molecular formula is C22H28N2O6S. The van der Waals surface area contributed by atoms with Gasteiger partial charge in [0, 0.05) is 13.1 Å². The van der Waals surface area contributed by atoms with E-state index in [1.807, 2.05) is 6.07 Å². The van der Waals surface area contributed by atoms with Crippen LogP contribution in [0.4, 0.5) is 0 Å². The monoisotopic (exact) mass is 448 g/mol. The fraction of sp³-hybridized carbons (Fsp3) is 0.409. The zero-order chi connectivity index (χ0) is 22.3. The molecule has 0 radical (unpaired) electrons. The largest absolute Gasteiger partial charge is 0.493 e. The van der Waals surface area contributed by atoms with E-state index in [1.165, 1.54) is 4.31 Å². The molecule has 1 atom stereocenters. The fourth-order valence-corrected chi connectivity index (χ4v) is 4.75. The van der Waals surface area contributed by atoms with Gasteiger partial charge in [-0.15, -0.1) is 0 Å². The number of hydrogen-bond donors (Lipinski definition) is 1. The van der Waals surface area contributed by atoms with Crippen LogP contribution in [0, 0.1) is 0 Å². The highest BCUT2D eigenvalue weighted by Crippen LogP contribution is 2.27. The lowest BCUT2D eigenvalue weighted by atomic mass is 10.3. The van der Waals surface area contributed by atoms with Crippen LogP contribution in [0.25, 0.3) is 0 Å². The topological polar surface area (TPSA) is 94.2 Å². The van der Waals surface area contributed by atoms with Crippen molar-refractivity contribution in [1.29, 1.82) is 0 Å². The van der Waals surface area contributed by atoms with E-state index in [-0.39, 0.29) is 24.0 Å². The molecule has 1 saturated heterocycles. The Morgan fingerprint density at radius 2 is 1.71 bits per heavy atom. The molecule has 31 heavy (non-hydrogen) atoms. The number of ether oxygens (including phenoxy) is 3. The molecule has 2 aromatic carbocycles. The number of amides is 1. The summed E-state index contributed by atoms with van der Waals surface area (Å²) in [6.45, 7) is 3.32. The first-order chi connectivity index (χ1) is 14.9. The highest BCUT2D eigenvalue weighted by atomic mass is 32.2. The minimum Gasteiger partial charge on any atom is -0.493 e. The molecule has 168 valence electrons. The third-order valence-electron chi connectivity index (χ3n) is 4.94. The third kappa shape index (κ3) is 5.89. The van der Waals surface area contributed by atoms with Crippen LogP contribution in [0.1, 0.15) is 19.8 Å². The van der Waals surface area contributed by atoms with Crippen LogP contribution in [0.15, 0.2) is 53.4 Å². The van der Waals surface area contributed by atoms with Gasteiger partial charge in [-0.25, -0.2) is 8.42 Å². The number of sulfonamides is 1. The smallest absolute Gasteiger partial charge is 0.260 e. The summed E-state index contributed by atoms with van der Waals surface area (Å²) in [4.78, 5) is 12.5. The van der Waals surface area contributed by atoms with Crippen molar-refractivity contribution in [3.63, 3.8) is 0 Å². The number of benzene rings is 2. The van der Waals surface area contributed by atoms with Gasteiger partial charge in [0.1, 0.15) is 12.4 Å². The molecule has 8 nitrogen and oxygen atoms in total. The van der Waals surface area contributed by atoms with Gasteiger partial charge in [0.2, 0.25) is 10.0 Å². The maximum absolute atomic E-state index is 12.5. The first-order valence-electron chi connectivity index (χ1n) is 10.2. The molecule has 1 N–H and O–H groups in total. The highest BCUT2D eigenvalue weighted by Gasteiger charge is 2.27. The molecule has 9 heteroatoms. The van der Waals surface area contributed by atoms with E-state index in [0.717, 1.165) is 12.8 Å². The summed E-state index contributed by atoms with van der Waals surface area (Å²) in [5, 5.41) is 2.75. The average molecular weight is 449 g/mol. The van der Waals surface area contributed by atoms with Crippen LogP contribution >= 0.6 is 0 Å². The number of carbonyl (C=O) groups is 1. The number of carbonyl (C=O) groups excluding carboxylic acids is 1. The van der Waals surface area contributed by atoms with Crippen LogP contribution < -0.4 is 19.5 Å². The standard InChI is InChI=1S/C22H28N2O6S/c1-17(30-21-8-4-3-7-20(21)28-2)22(25)23-13-16-29-18-9-11-19(12-10-18)31(26,27)24-14-5-6-15-24/h3-4,7-12,17H,5-6,13-16H2,1-2H3,(H,23,25)/t17-/m1/s1. The number of hydrogen-bond acceptors (Lipinski definition) is 6. The molecule has 2 aromatic rings. The predicted octanol–water partition coefficient (Wildman–Crippen LogP) is 2.44. The molecule has 1 heterocycles. The number of para-hydroxylation sites is 2. The second kappa shape index (κ2) is 10.5. The molecule has 0 spiro atoms. The predicted molar refractivity (Wildman–Crippen MR) is 116 cm³/mol. The normalized spacial score (nSPS) is 15.3. The van der Waals surface area contributed by atoms with E-state index in [2.05, 4.69) is 5.32 Å². The van der Waals surface area contributed by atoms with E-state index in [4.69, 9.17) is 14.2 Å². The van der Waals surface area contributed by atoms with Crippen LogP contribution in [0.5, 0.6) is 17.2 Å². The van der Waals surface area contributed by atoms with E-state index in [0.29, 0.717) is 30.3 Å². The molecular weight excluding hydrogens is 420 g/mol. The highest BCUT2D eigenvalue weighted by molar-refractivity contribution is 7.89. The van der Waals surface area contributed by atoms with Crippen molar-refractivity contribution in [2.45, 2.75) is 30.8 Å². The lowest BCUT2D eigenvalue weighted by Gasteiger charge is -2.17. The molecule has 1 fully saturated rings. The fourth-order valence-electron chi connectivity index (χ4n) is 3.23. The van der Waals surface area contributed by atoms with E-state index in [9.17, 15) is 13.2 Å². The van der Waals surface area contributed by atoms with Crippen LogP contribution in [0.3, 0.4) is 0 Å². The van der Waals surface area contributed by atoms with E-state index < -0.39 is 16.1 Å². The Balaban J connectivity index is 1.43. The first kappa shape index (κ1) is 22.9. The lowest BCUT2D eigenvalue weighted by Crippen LogP contribution is -2.38. The number of methoxy groups -OCH3 is 1. The number of nitrogens with zero attached hydrogens (tertiary/aromatic N) is 1. The van der Waals surface area contributed by atoms with Crippen molar-refractivity contribution in [3.05, 3.63) is 48.5 Å². The molecule has 0 aromatic heterocycles. The Morgan fingerprint density at radius 1 is 1.06 bits per heavy atom. The van der Waals surface area contributed by atoms with Gasteiger partial charge in [-0.1, -0.05) is 12.1 Å². The summed E-state index contributed by atoms with van der Waals surface area (Å²) in [5.74, 6) is 1.31. The Morgan fingerprint density at radius 3 is 2.35 bits per heavy atom. The second-order valence-corrected chi connectivity index (χ2v) is 9.07. The van der Waals surface area contributed by atoms with Crippen molar-refractivity contribution < 1.29 is 27.4 Å². The van der Waals surface area contributed by atoms with Crippen molar-refractivity contribution in [2.24, 2.45) is 0 Å². The molecule has 0 bridgehead atoms. The lowest BCUT2D eigenvalue weighted by molar-refractivity contribution is -0.127. The molecule has 1 aliphatic rings. The van der Waals surface area contributed by atoms with Gasteiger partial charge in [-0.3, -0.25) is 4.79 Å². The van der Waals surface area contributed by atoms with Gasteiger partial charge in [0.15, 0.2) is 17.6 Å². The summed E-state index contributed by atoms with van der Waals surface area (Å²) in [6, 6.07) is 13.5. The molecule has 0 unspecified atom stereocenters. The Bertz CT molecular complexity index is 972. The van der Waals surface area contributed by atoms with Gasteiger partial charge < -0.3 is 19.5 Å². The Hall–Kier alpha value is -2.78. The summed E-state index contributed by atoms with van der Waals surface area (Å²) in [7, 11) is -1.89. The second-order valence-electron chi connectivity index (χ2n) is 7.13. The third-order valence-corrected chi connectivity index (χ3v) is 6.85. The summed E-state index contributed by atoms with van der Waals surface area (Å²) in [5.41, 5.74) is 0. The van der Waals surface area contributed by atoms with Gasteiger partial charge in [0.05, 0.1) is 18.6 Å². The van der Waals surface area contributed by atoms with E-state index >= 15 is 0 Å². The molecule has 0 saturated carbocycles. The average Bonchev–Trinajstić information content (AvgIpc) is 3.33. The van der Waals surface area contributed by atoms with Crippen LogP contribution in [0.2, 0.25) is 0 Å². The van der Waals surface area contributed by atoms with Crippen molar-refractivity contribution in [2.75, 3.05) is 33.4 Å². The molecule has 1 amide bonds. The zero-order valence-corrected chi connectivity index (χ0v) is 18.6. The van der Waals surface area contributed by atoms with Crippen molar-refractivity contribution in [1.82, 2.24) is 9.62 Å². The van der Waals surface area contributed by atoms with Crippen molar-refractivity contribution >= 4 is 15.9 Å². The zero-order valence-electron chi connectivity index (χ0n) is 17.7. The van der Waals surface area contributed by atoms with Gasteiger partial charge >= 0.3 is 0 Å². The van der Waals surface area contributed by atoms with Gasteiger partial charge in [0.25, 0.3) is 5.91 Å². The maximum atomic E-state index is 12.5. The molecule has 3 rings (SSSR count). The first-order valence-corrected chi connectivity index (χ1v) is 11.7. The maximum Gasteiger partial charge on any atom is 0.260 e. The number of rotatable bonds is 10. The Labute approximate surface area is 183 Å². The van der Waals surface area contributed by atoms with Gasteiger partial charge in [-0.05, 0) is 56.2 Å².